The molecular formula is C16H23N3O3. The molecule has 1 fully saturated rings. The highest BCUT2D eigenvalue weighted by atomic mass is 16.5. The minimum Gasteiger partial charge on any atom is -0.381 e. The van der Waals surface area contributed by atoms with Gasteiger partial charge in [0.15, 0.2) is 0 Å². The summed E-state index contributed by atoms with van der Waals surface area (Å²) in [5.74, 6) is 0.0605. The van der Waals surface area contributed by atoms with Gasteiger partial charge >= 0.3 is 0 Å². The largest absolute Gasteiger partial charge is 0.381 e. The molecule has 0 bridgehead atoms. The van der Waals surface area contributed by atoms with Crippen molar-refractivity contribution in [2.75, 3.05) is 31.6 Å². The molecule has 2 rings (SSSR count). The van der Waals surface area contributed by atoms with E-state index in [4.69, 9.17) is 10.5 Å². The SMILES string of the molecule is NCCNC(=O)c1ccccc1NC(=O)CC1CCOCC1. The fourth-order valence-corrected chi connectivity index (χ4v) is 2.48. The molecule has 6 heteroatoms. The maximum Gasteiger partial charge on any atom is 0.253 e. The number of para-hydroxylation sites is 1. The summed E-state index contributed by atoms with van der Waals surface area (Å²) in [4.78, 5) is 24.2. The van der Waals surface area contributed by atoms with Crippen LogP contribution in [0.25, 0.3) is 0 Å². The number of hydrogen-bond donors (Lipinski definition) is 3. The fraction of sp³-hybridized carbons (Fsp3) is 0.500. The molecule has 0 saturated carbocycles. The zero-order valence-electron chi connectivity index (χ0n) is 12.6. The summed E-state index contributed by atoms with van der Waals surface area (Å²) in [6, 6.07) is 6.99. The Kier molecular flexibility index (Phi) is 6.36. The van der Waals surface area contributed by atoms with Gasteiger partial charge in [-0.3, -0.25) is 9.59 Å². The molecule has 1 aromatic rings. The van der Waals surface area contributed by atoms with Gasteiger partial charge in [-0.15, -0.1) is 0 Å². The average Bonchev–Trinajstić information content (AvgIpc) is 2.54. The summed E-state index contributed by atoms with van der Waals surface area (Å²) in [7, 11) is 0. The van der Waals surface area contributed by atoms with Gasteiger partial charge in [0.2, 0.25) is 5.91 Å². The van der Waals surface area contributed by atoms with Crippen LogP contribution in [0.2, 0.25) is 0 Å². The van der Waals surface area contributed by atoms with Crippen molar-refractivity contribution >= 4 is 17.5 Å². The molecule has 0 radical (unpaired) electrons. The third-order valence-corrected chi connectivity index (χ3v) is 3.69. The molecule has 0 spiro atoms. The first-order valence-corrected chi connectivity index (χ1v) is 7.65. The highest BCUT2D eigenvalue weighted by molar-refractivity contribution is 6.03. The molecule has 22 heavy (non-hydrogen) atoms. The molecule has 0 aromatic heterocycles. The van der Waals surface area contributed by atoms with E-state index in [0.29, 0.717) is 36.7 Å². The summed E-state index contributed by atoms with van der Waals surface area (Å²) in [6.45, 7) is 2.22. The first-order chi connectivity index (χ1) is 10.7. The highest BCUT2D eigenvalue weighted by Crippen LogP contribution is 2.20. The van der Waals surface area contributed by atoms with Crippen LogP contribution in [0.3, 0.4) is 0 Å². The van der Waals surface area contributed by atoms with E-state index >= 15 is 0 Å². The molecular weight excluding hydrogens is 282 g/mol. The molecule has 1 aliphatic rings. The molecule has 0 aliphatic carbocycles. The van der Waals surface area contributed by atoms with E-state index in [1.54, 1.807) is 24.3 Å². The Morgan fingerprint density at radius 1 is 1.23 bits per heavy atom. The quantitative estimate of drug-likeness (QED) is 0.734. The number of nitrogens with one attached hydrogen (secondary N) is 2. The lowest BCUT2D eigenvalue weighted by molar-refractivity contribution is -0.117. The number of anilines is 1. The Bertz CT molecular complexity index is 513. The lowest BCUT2D eigenvalue weighted by atomic mass is 9.96. The molecule has 1 heterocycles. The van der Waals surface area contributed by atoms with Crippen molar-refractivity contribution in [3.05, 3.63) is 29.8 Å². The van der Waals surface area contributed by atoms with Gasteiger partial charge in [-0.25, -0.2) is 0 Å². The van der Waals surface area contributed by atoms with E-state index in [9.17, 15) is 9.59 Å². The van der Waals surface area contributed by atoms with Gasteiger partial charge in [0.25, 0.3) is 5.91 Å². The van der Waals surface area contributed by atoms with Crippen LogP contribution in [0.5, 0.6) is 0 Å². The van der Waals surface area contributed by atoms with Gasteiger partial charge in [0.1, 0.15) is 0 Å². The number of carbonyl (C=O) groups excluding carboxylic acids is 2. The van der Waals surface area contributed by atoms with E-state index < -0.39 is 0 Å². The molecule has 1 saturated heterocycles. The molecule has 1 aromatic carbocycles. The van der Waals surface area contributed by atoms with Gasteiger partial charge in [-0.1, -0.05) is 12.1 Å². The Hall–Kier alpha value is -1.92. The van der Waals surface area contributed by atoms with Crippen molar-refractivity contribution in [3.63, 3.8) is 0 Å². The van der Waals surface area contributed by atoms with E-state index in [1.807, 2.05) is 0 Å². The first kappa shape index (κ1) is 16.5. The molecule has 0 atom stereocenters. The van der Waals surface area contributed by atoms with Gasteiger partial charge < -0.3 is 21.1 Å². The predicted octanol–water partition coefficient (Wildman–Crippen LogP) is 1.13. The van der Waals surface area contributed by atoms with Gasteiger partial charge in [0.05, 0.1) is 11.3 Å². The monoisotopic (exact) mass is 305 g/mol. The molecule has 1 aliphatic heterocycles. The Morgan fingerprint density at radius 3 is 2.68 bits per heavy atom. The van der Waals surface area contributed by atoms with Crippen molar-refractivity contribution in [2.45, 2.75) is 19.3 Å². The first-order valence-electron chi connectivity index (χ1n) is 7.65. The smallest absolute Gasteiger partial charge is 0.253 e. The van der Waals surface area contributed by atoms with E-state index in [-0.39, 0.29) is 11.8 Å². The fourth-order valence-electron chi connectivity index (χ4n) is 2.48. The third kappa shape index (κ3) is 4.82. The molecule has 2 amide bonds. The number of hydrogen-bond acceptors (Lipinski definition) is 4. The molecule has 120 valence electrons. The Labute approximate surface area is 130 Å². The summed E-state index contributed by atoms with van der Waals surface area (Å²) >= 11 is 0. The minimum absolute atomic E-state index is 0.0639. The van der Waals surface area contributed by atoms with Gasteiger partial charge in [-0.2, -0.15) is 0 Å². The summed E-state index contributed by atoms with van der Waals surface area (Å²) in [6.07, 6.45) is 2.28. The van der Waals surface area contributed by atoms with Crippen molar-refractivity contribution in [1.82, 2.24) is 5.32 Å². The van der Waals surface area contributed by atoms with Crippen LogP contribution in [-0.2, 0) is 9.53 Å². The second kappa shape index (κ2) is 8.51. The van der Waals surface area contributed by atoms with Crippen LogP contribution in [0.4, 0.5) is 5.69 Å². The van der Waals surface area contributed by atoms with Gasteiger partial charge in [-0.05, 0) is 30.9 Å². The lowest BCUT2D eigenvalue weighted by Gasteiger charge is -2.21. The van der Waals surface area contributed by atoms with Crippen molar-refractivity contribution in [3.8, 4) is 0 Å². The zero-order valence-corrected chi connectivity index (χ0v) is 12.6. The number of benzene rings is 1. The lowest BCUT2D eigenvalue weighted by Crippen LogP contribution is -2.30. The third-order valence-electron chi connectivity index (χ3n) is 3.69. The van der Waals surface area contributed by atoms with Crippen LogP contribution in [-0.4, -0.2) is 38.1 Å². The Balaban J connectivity index is 1.96. The van der Waals surface area contributed by atoms with Crippen LogP contribution >= 0.6 is 0 Å². The van der Waals surface area contributed by atoms with Gasteiger partial charge in [0, 0.05) is 32.7 Å². The molecule has 4 N–H and O–H groups in total. The number of nitrogens with two attached hydrogens (primary N) is 1. The topological polar surface area (TPSA) is 93.5 Å². The van der Waals surface area contributed by atoms with Crippen molar-refractivity contribution < 1.29 is 14.3 Å². The summed E-state index contributed by atoms with van der Waals surface area (Å²) < 4.78 is 5.29. The Morgan fingerprint density at radius 2 is 1.95 bits per heavy atom. The van der Waals surface area contributed by atoms with Crippen LogP contribution < -0.4 is 16.4 Å². The molecule has 0 unspecified atom stereocenters. The number of carbonyl (C=O) groups is 2. The minimum atomic E-state index is -0.229. The zero-order chi connectivity index (χ0) is 15.8. The van der Waals surface area contributed by atoms with Crippen LogP contribution in [0.15, 0.2) is 24.3 Å². The summed E-state index contributed by atoms with van der Waals surface area (Å²) in [5.41, 5.74) is 6.37. The number of ether oxygens (including phenoxy) is 1. The maximum atomic E-state index is 12.2. The van der Waals surface area contributed by atoms with Crippen LogP contribution in [0.1, 0.15) is 29.6 Å². The summed E-state index contributed by atoms with van der Waals surface area (Å²) in [5, 5.41) is 5.56. The van der Waals surface area contributed by atoms with Crippen LogP contribution in [0, 0.1) is 5.92 Å². The van der Waals surface area contributed by atoms with E-state index in [0.717, 1.165) is 26.1 Å². The van der Waals surface area contributed by atoms with Crippen molar-refractivity contribution in [1.29, 1.82) is 0 Å². The number of amides is 2. The molecule has 6 nitrogen and oxygen atoms in total. The van der Waals surface area contributed by atoms with E-state index in [2.05, 4.69) is 10.6 Å². The second-order valence-corrected chi connectivity index (χ2v) is 5.40. The number of rotatable bonds is 6. The maximum absolute atomic E-state index is 12.2. The normalized spacial score (nSPS) is 15.3. The van der Waals surface area contributed by atoms with Crippen molar-refractivity contribution in [2.24, 2.45) is 11.7 Å². The highest BCUT2D eigenvalue weighted by Gasteiger charge is 2.19. The predicted molar refractivity (Wildman–Crippen MR) is 84.6 cm³/mol. The average molecular weight is 305 g/mol. The van der Waals surface area contributed by atoms with E-state index in [1.165, 1.54) is 0 Å². The second-order valence-electron chi connectivity index (χ2n) is 5.40. The standard InChI is InChI=1S/C16H23N3O3/c17-7-8-18-16(21)13-3-1-2-4-14(13)19-15(20)11-12-5-9-22-10-6-12/h1-4,12H,5-11,17H2,(H,18,21)(H,19,20).